The summed E-state index contributed by atoms with van der Waals surface area (Å²) in [6, 6.07) is 5.76. The van der Waals surface area contributed by atoms with Crippen LogP contribution < -0.4 is 4.74 Å². The van der Waals surface area contributed by atoms with Crippen LogP contribution in [0, 0.1) is 10.1 Å². The number of nitrogens with zero attached hydrogens (tertiary/aromatic N) is 1. The Labute approximate surface area is 134 Å². The molecular weight excluding hydrogens is 330 g/mol. The Balaban J connectivity index is 2.33. The van der Waals surface area contributed by atoms with Crippen LogP contribution in [0.1, 0.15) is 15.2 Å². The lowest BCUT2D eigenvalue weighted by molar-refractivity contribution is -0.386. The Hall–Kier alpha value is -2.38. The summed E-state index contributed by atoms with van der Waals surface area (Å²) in [4.78, 5) is 22.5. The van der Waals surface area contributed by atoms with Crippen molar-refractivity contribution in [2.24, 2.45) is 0 Å². The van der Waals surface area contributed by atoms with E-state index in [4.69, 9.17) is 16.3 Å². The van der Waals surface area contributed by atoms with Gasteiger partial charge in [0.05, 0.1) is 21.2 Å². The van der Waals surface area contributed by atoms with Crippen LogP contribution >= 0.6 is 22.9 Å². The summed E-state index contributed by atoms with van der Waals surface area (Å²) in [5, 5.41) is 20.6. The minimum absolute atomic E-state index is 0.0412. The number of phenols is 1. The number of rotatable bonds is 5. The fourth-order valence-corrected chi connectivity index (χ4v) is 2.67. The second-order valence-corrected chi connectivity index (χ2v) is 5.86. The van der Waals surface area contributed by atoms with E-state index >= 15 is 0 Å². The minimum Gasteiger partial charge on any atom is -0.500 e. The highest BCUT2D eigenvalue weighted by Gasteiger charge is 2.19. The van der Waals surface area contributed by atoms with Gasteiger partial charge in [-0.25, -0.2) is 0 Å². The molecule has 2 rings (SSSR count). The molecule has 1 aromatic carbocycles. The van der Waals surface area contributed by atoms with Crippen molar-refractivity contribution in [1.29, 1.82) is 0 Å². The van der Waals surface area contributed by atoms with Gasteiger partial charge in [0.2, 0.25) is 5.75 Å². The number of methoxy groups -OCH3 is 1. The summed E-state index contributed by atoms with van der Waals surface area (Å²) in [5.74, 6) is -0.868. The van der Waals surface area contributed by atoms with Crippen LogP contribution in [-0.4, -0.2) is 22.9 Å². The molecule has 22 heavy (non-hydrogen) atoms. The zero-order valence-electron chi connectivity index (χ0n) is 11.3. The van der Waals surface area contributed by atoms with Crippen molar-refractivity contribution < 1.29 is 19.6 Å². The topological polar surface area (TPSA) is 89.7 Å². The predicted molar refractivity (Wildman–Crippen MR) is 84.0 cm³/mol. The number of phenolic OH excluding ortho intramolecular Hbond substituents is 1. The molecule has 0 bridgehead atoms. The fourth-order valence-electron chi connectivity index (χ4n) is 1.71. The summed E-state index contributed by atoms with van der Waals surface area (Å²) in [7, 11) is 1.28. The Morgan fingerprint density at radius 2 is 2.18 bits per heavy atom. The molecular formula is C14H10ClNO5S. The van der Waals surface area contributed by atoms with Crippen LogP contribution in [0.5, 0.6) is 11.5 Å². The van der Waals surface area contributed by atoms with Crippen molar-refractivity contribution in [3.8, 4) is 11.5 Å². The predicted octanol–water partition coefficient (Wildman–Crippen LogP) is 3.92. The lowest BCUT2D eigenvalue weighted by Crippen LogP contribution is -1.94. The summed E-state index contributed by atoms with van der Waals surface area (Å²) in [6.45, 7) is 0. The Bertz CT molecular complexity index is 769. The number of benzene rings is 1. The van der Waals surface area contributed by atoms with Crippen LogP contribution in [0.2, 0.25) is 4.34 Å². The van der Waals surface area contributed by atoms with Crippen molar-refractivity contribution in [3.63, 3.8) is 0 Å². The molecule has 1 heterocycles. The second-order valence-electron chi connectivity index (χ2n) is 4.15. The van der Waals surface area contributed by atoms with Gasteiger partial charge in [0.25, 0.3) is 0 Å². The lowest BCUT2D eigenvalue weighted by atomic mass is 10.1. The van der Waals surface area contributed by atoms with Gasteiger partial charge in [-0.05, 0) is 29.8 Å². The largest absolute Gasteiger partial charge is 0.500 e. The SMILES string of the molecule is COc1cc(/C=C/C(=O)c2ccc(Cl)s2)cc([N+](=O)[O-])c1O. The molecule has 0 radical (unpaired) electrons. The number of ketones is 1. The van der Waals surface area contributed by atoms with Gasteiger partial charge in [-0.1, -0.05) is 17.7 Å². The van der Waals surface area contributed by atoms with Crippen LogP contribution in [-0.2, 0) is 0 Å². The molecule has 0 saturated carbocycles. The van der Waals surface area contributed by atoms with Gasteiger partial charge in [0.15, 0.2) is 11.5 Å². The Morgan fingerprint density at radius 3 is 2.73 bits per heavy atom. The van der Waals surface area contributed by atoms with Crippen molar-refractivity contribution in [1.82, 2.24) is 0 Å². The van der Waals surface area contributed by atoms with E-state index in [9.17, 15) is 20.0 Å². The first-order valence-electron chi connectivity index (χ1n) is 5.95. The zero-order chi connectivity index (χ0) is 16.3. The molecule has 1 N–H and O–H groups in total. The minimum atomic E-state index is -0.726. The molecule has 0 fully saturated rings. The third-order valence-electron chi connectivity index (χ3n) is 2.74. The summed E-state index contributed by atoms with van der Waals surface area (Å²) in [5.41, 5.74) is -0.136. The monoisotopic (exact) mass is 339 g/mol. The highest BCUT2D eigenvalue weighted by molar-refractivity contribution is 7.18. The van der Waals surface area contributed by atoms with Gasteiger partial charge in [-0.2, -0.15) is 0 Å². The third-order valence-corrected chi connectivity index (χ3v) is 3.98. The summed E-state index contributed by atoms with van der Waals surface area (Å²) < 4.78 is 5.38. The van der Waals surface area contributed by atoms with Crippen LogP contribution in [0.4, 0.5) is 5.69 Å². The van der Waals surface area contributed by atoms with Gasteiger partial charge >= 0.3 is 5.69 Å². The van der Waals surface area contributed by atoms with Gasteiger partial charge in [0, 0.05) is 6.07 Å². The summed E-state index contributed by atoms with van der Waals surface area (Å²) >= 11 is 6.90. The van der Waals surface area contributed by atoms with Gasteiger partial charge in [-0.3, -0.25) is 14.9 Å². The molecule has 0 saturated heterocycles. The molecule has 0 atom stereocenters. The first-order valence-corrected chi connectivity index (χ1v) is 7.15. The highest BCUT2D eigenvalue weighted by atomic mass is 35.5. The van der Waals surface area contributed by atoms with Crippen molar-refractivity contribution >= 4 is 40.5 Å². The van der Waals surface area contributed by atoms with Crippen LogP contribution in [0.15, 0.2) is 30.3 Å². The molecule has 0 aliphatic heterocycles. The average molecular weight is 340 g/mol. The number of allylic oxidation sites excluding steroid dienone is 1. The van der Waals surface area contributed by atoms with E-state index in [1.165, 1.54) is 25.3 Å². The summed E-state index contributed by atoms with van der Waals surface area (Å²) in [6.07, 6.45) is 2.68. The quantitative estimate of drug-likeness (QED) is 0.386. The first kappa shape index (κ1) is 16.0. The van der Waals surface area contributed by atoms with Crippen molar-refractivity contribution in [2.45, 2.75) is 0 Å². The van der Waals surface area contributed by atoms with E-state index in [0.717, 1.165) is 17.4 Å². The Morgan fingerprint density at radius 1 is 1.45 bits per heavy atom. The molecule has 2 aromatic rings. The molecule has 0 aliphatic rings. The lowest BCUT2D eigenvalue weighted by Gasteiger charge is -2.05. The first-order chi connectivity index (χ1) is 10.4. The maximum absolute atomic E-state index is 11.9. The normalized spacial score (nSPS) is 10.8. The number of thiophene rings is 1. The maximum atomic E-state index is 11.9. The highest BCUT2D eigenvalue weighted by Crippen LogP contribution is 2.37. The smallest absolute Gasteiger partial charge is 0.315 e. The van der Waals surface area contributed by atoms with Gasteiger partial charge in [-0.15, -0.1) is 11.3 Å². The zero-order valence-corrected chi connectivity index (χ0v) is 12.9. The molecule has 0 unspecified atom stereocenters. The number of carbonyl (C=O) groups excluding carboxylic acids is 1. The molecule has 114 valence electrons. The average Bonchev–Trinajstić information content (AvgIpc) is 2.92. The molecule has 6 nitrogen and oxygen atoms in total. The Kier molecular flexibility index (Phi) is 4.79. The molecule has 8 heteroatoms. The molecule has 0 amide bonds. The standard InChI is InChI=1S/C14H10ClNO5S/c1-21-11-7-8(6-9(14(11)18)16(19)20)2-3-10(17)12-4-5-13(15)22-12/h2-7,18H,1H3/b3-2+. The maximum Gasteiger partial charge on any atom is 0.315 e. The van der Waals surface area contributed by atoms with Crippen molar-refractivity contribution in [3.05, 3.63) is 55.2 Å². The van der Waals surface area contributed by atoms with Gasteiger partial charge in [0.1, 0.15) is 0 Å². The number of halogens is 1. The van der Waals surface area contributed by atoms with Crippen LogP contribution in [0.3, 0.4) is 0 Å². The third kappa shape index (κ3) is 3.44. The molecule has 1 aromatic heterocycles. The van der Waals surface area contributed by atoms with Crippen molar-refractivity contribution in [2.75, 3.05) is 7.11 Å². The van der Waals surface area contributed by atoms with E-state index in [2.05, 4.69) is 0 Å². The van der Waals surface area contributed by atoms with Gasteiger partial charge < -0.3 is 9.84 Å². The van der Waals surface area contributed by atoms with E-state index in [0.29, 0.717) is 14.8 Å². The fraction of sp³-hybridized carbons (Fsp3) is 0.0714. The van der Waals surface area contributed by atoms with Crippen LogP contribution in [0.25, 0.3) is 6.08 Å². The number of hydrogen-bond acceptors (Lipinski definition) is 6. The second kappa shape index (κ2) is 6.59. The number of nitro groups is 1. The number of hydrogen-bond donors (Lipinski definition) is 1. The number of aromatic hydroxyl groups is 1. The van der Waals surface area contributed by atoms with E-state index in [1.54, 1.807) is 12.1 Å². The van der Waals surface area contributed by atoms with E-state index in [1.807, 2.05) is 0 Å². The number of nitro benzene ring substituents is 1. The van der Waals surface area contributed by atoms with E-state index in [-0.39, 0.29) is 11.5 Å². The molecule has 0 spiro atoms. The number of ether oxygens (including phenoxy) is 1. The number of carbonyl (C=O) groups is 1. The van der Waals surface area contributed by atoms with E-state index < -0.39 is 16.4 Å². The molecule has 0 aliphatic carbocycles.